The lowest BCUT2D eigenvalue weighted by atomic mass is 10.1. The maximum atomic E-state index is 9.30. The number of phenolic OH excluding ortho intramolecular Hbond substituents is 1. The van der Waals surface area contributed by atoms with Crippen molar-refractivity contribution in [3.8, 4) is 5.75 Å². The summed E-state index contributed by atoms with van der Waals surface area (Å²) in [5.74, 6) is 0.281. The lowest BCUT2D eigenvalue weighted by molar-refractivity contribution is -0.282. The molecule has 0 unspecified atom stereocenters. The average molecular weight is 204 g/mol. The summed E-state index contributed by atoms with van der Waals surface area (Å²) in [4.78, 5) is 9.38. The molecule has 0 aromatic heterocycles. The first-order chi connectivity index (χ1) is 7.29. The van der Waals surface area contributed by atoms with Crippen LogP contribution >= 0.6 is 0 Å². The van der Waals surface area contributed by atoms with Crippen LogP contribution in [-0.4, -0.2) is 12.2 Å². The van der Waals surface area contributed by atoms with E-state index in [9.17, 15) is 5.11 Å². The van der Waals surface area contributed by atoms with Crippen molar-refractivity contribution in [2.24, 2.45) is 0 Å². The second kappa shape index (κ2) is 4.29. The molecule has 0 aliphatic carbocycles. The van der Waals surface area contributed by atoms with E-state index in [0.29, 0.717) is 6.61 Å². The zero-order valence-corrected chi connectivity index (χ0v) is 8.43. The van der Waals surface area contributed by atoms with Gasteiger partial charge in [0.2, 0.25) is 0 Å². The molecular formula is C12H12O3. The Morgan fingerprint density at radius 1 is 1.07 bits per heavy atom. The second-order valence-electron chi connectivity index (χ2n) is 3.29. The second-order valence-corrected chi connectivity index (χ2v) is 3.29. The Morgan fingerprint density at radius 2 is 1.80 bits per heavy atom. The van der Waals surface area contributed by atoms with Gasteiger partial charge in [-0.25, -0.2) is 9.78 Å². The molecule has 2 rings (SSSR count). The summed E-state index contributed by atoms with van der Waals surface area (Å²) in [6.45, 7) is 0.424. The average Bonchev–Trinajstić information content (AvgIpc) is 2.26. The van der Waals surface area contributed by atoms with E-state index in [0.717, 1.165) is 16.3 Å². The normalized spacial score (nSPS) is 10.7. The van der Waals surface area contributed by atoms with Gasteiger partial charge in [0.15, 0.2) is 0 Å². The lowest BCUT2D eigenvalue weighted by Gasteiger charge is -2.03. The van der Waals surface area contributed by atoms with Crippen LogP contribution in [0.25, 0.3) is 10.8 Å². The Labute approximate surface area is 87.8 Å². The summed E-state index contributed by atoms with van der Waals surface area (Å²) in [6.07, 6.45) is 0. The monoisotopic (exact) mass is 204 g/mol. The molecule has 15 heavy (non-hydrogen) atoms. The summed E-state index contributed by atoms with van der Waals surface area (Å²) in [5, 5.41) is 11.4. The van der Waals surface area contributed by atoms with E-state index < -0.39 is 0 Å². The smallest absolute Gasteiger partial charge is 0.116 e. The van der Waals surface area contributed by atoms with Crippen molar-refractivity contribution in [1.29, 1.82) is 0 Å². The fourth-order valence-corrected chi connectivity index (χ4v) is 1.50. The molecule has 2 aromatic carbocycles. The van der Waals surface area contributed by atoms with Gasteiger partial charge in [-0.1, -0.05) is 18.2 Å². The summed E-state index contributed by atoms with van der Waals surface area (Å²) in [6, 6.07) is 11.2. The minimum absolute atomic E-state index is 0.281. The molecule has 78 valence electrons. The van der Waals surface area contributed by atoms with Crippen LogP contribution in [0.2, 0.25) is 0 Å². The van der Waals surface area contributed by atoms with Gasteiger partial charge < -0.3 is 5.11 Å². The van der Waals surface area contributed by atoms with E-state index >= 15 is 0 Å². The van der Waals surface area contributed by atoms with Crippen molar-refractivity contribution in [3.63, 3.8) is 0 Å². The van der Waals surface area contributed by atoms with Crippen LogP contribution in [0.15, 0.2) is 36.4 Å². The number of hydrogen-bond donors (Lipinski definition) is 1. The molecule has 0 heterocycles. The van der Waals surface area contributed by atoms with Gasteiger partial charge in [-0.15, -0.1) is 0 Å². The van der Waals surface area contributed by atoms with E-state index in [-0.39, 0.29) is 5.75 Å². The van der Waals surface area contributed by atoms with Crippen LogP contribution in [0.3, 0.4) is 0 Å². The molecule has 0 radical (unpaired) electrons. The van der Waals surface area contributed by atoms with Crippen LogP contribution in [0.4, 0.5) is 0 Å². The quantitative estimate of drug-likeness (QED) is 0.617. The largest absolute Gasteiger partial charge is 0.508 e. The standard InChI is InChI=1S/C12H12O3/c1-14-15-8-9-2-3-11-7-12(13)5-4-10(11)6-9/h2-7,13H,8H2,1H3. The third-order valence-electron chi connectivity index (χ3n) is 2.23. The van der Waals surface area contributed by atoms with Crippen molar-refractivity contribution in [1.82, 2.24) is 0 Å². The van der Waals surface area contributed by atoms with Crippen molar-refractivity contribution >= 4 is 10.8 Å². The van der Waals surface area contributed by atoms with Crippen LogP contribution in [0.1, 0.15) is 5.56 Å². The van der Waals surface area contributed by atoms with Crippen LogP contribution in [0.5, 0.6) is 5.75 Å². The Kier molecular flexibility index (Phi) is 2.85. The molecule has 0 saturated carbocycles. The van der Waals surface area contributed by atoms with Gasteiger partial charge in [-0.05, 0) is 34.5 Å². The minimum Gasteiger partial charge on any atom is -0.508 e. The first-order valence-electron chi connectivity index (χ1n) is 4.67. The van der Waals surface area contributed by atoms with E-state index in [1.165, 1.54) is 7.11 Å². The highest BCUT2D eigenvalue weighted by Gasteiger charge is 1.98. The van der Waals surface area contributed by atoms with Gasteiger partial charge in [0.05, 0.1) is 7.11 Å². The van der Waals surface area contributed by atoms with Gasteiger partial charge >= 0.3 is 0 Å². The molecule has 0 amide bonds. The number of benzene rings is 2. The number of hydrogen-bond acceptors (Lipinski definition) is 3. The van der Waals surface area contributed by atoms with E-state index in [2.05, 4.69) is 4.89 Å². The highest BCUT2D eigenvalue weighted by molar-refractivity contribution is 5.84. The number of fused-ring (bicyclic) bond motifs is 1. The SMILES string of the molecule is COOCc1ccc2cc(O)ccc2c1. The summed E-state index contributed by atoms with van der Waals surface area (Å²) in [7, 11) is 1.49. The van der Waals surface area contributed by atoms with Crippen LogP contribution < -0.4 is 0 Å². The lowest BCUT2D eigenvalue weighted by Crippen LogP contribution is -1.90. The topological polar surface area (TPSA) is 38.7 Å². The Morgan fingerprint density at radius 3 is 2.60 bits per heavy atom. The van der Waals surface area contributed by atoms with Crippen molar-refractivity contribution in [3.05, 3.63) is 42.0 Å². The van der Waals surface area contributed by atoms with Gasteiger partial charge in [0.1, 0.15) is 12.4 Å². The summed E-state index contributed by atoms with van der Waals surface area (Å²) in [5.41, 5.74) is 1.04. The molecule has 1 N–H and O–H groups in total. The highest BCUT2D eigenvalue weighted by atomic mass is 17.2. The molecule has 0 saturated heterocycles. The zero-order valence-electron chi connectivity index (χ0n) is 8.43. The number of phenols is 1. The van der Waals surface area contributed by atoms with Crippen LogP contribution in [0, 0.1) is 0 Å². The van der Waals surface area contributed by atoms with Crippen molar-refractivity contribution in [2.75, 3.05) is 7.11 Å². The first kappa shape index (κ1) is 9.96. The molecular weight excluding hydrogens is 192 g/mol. The molecule has 3 heteroatoms. The van der Waals surface area contributed by atoms with E-state index in [1.54, 1.807) is 12.1 Å². The van der Waals surface area contributed by atoms with Crippen molar-refractivity contribution in [2.45, 2.75) is 6.61 Å². The predicted molar refractivity (Wildman–Crippen MR) is 57.4 cm³/mol. The fourth-order valence-electron chi connectivity index (χ4n) is 1.50. The maximum Gasteiger partial charge on any atom is 0.116 e. The molecule has 0 aliphatic rings. The fraction of sp³-hybridized carbons (Fsp3) is 0.167. The number of aromatic hydroxyl groups is 1. The molecule has 0 bridgehead atoms. The first-order valence-corrected chi connectivity index (χ1v) is 4.67. The Balaban J connectivity index is 2.34. The third-order valence-corrected chi connectivity index (χ3v) is 2.23. The summed E-state index contributed by atoms with van der Waals surface area (Å²) < 4.78 is 0. The predicted octanol–water partition coefficient (Wildman–Crippen LogP) is 2.62. The highest BCUT2D eigenvalue weighted by Crippen LogP contribution is 2.21. The Bertz CT molecular complexity index is 465. The zero-order chi connectivity index (χ0) is 10.7. The van der Waals surface area contributed by atoms with E-state index in [4.69, 9.17) is 4.89 Å². The van der Waals surface area contributed by atoms with Crippen LogP contribution in [-0.2, 0) is 16.4 Å². The molecule has 0 spiro atoms. The summed E-state index contributed by atoms with van der Waals surface area (Å²) >= 11 is 0. The Hall–Kier alpha value is -1.58. The van der Waals surface area contributed by atoms with Gasteiger partial charge in [0, 0.05) is 0 Å². The third kappa shape index (κ3) is 2.26. The molecule has 0 aliphatic heterocycles. The molecule has 0 atom stereocenters. The van der Waals surface area contributed by atoms with Gasteiger partial charge in [-0.3, -0.25) is 0 Å². The molecule has 2 aromatic rings. The van der Waals surface area contributed by atoms with Crippen molar-refractivity contribution < 1.29 is 14.9 Å². The maximum absolute atomic E-state index is 9.30. The van der Waals surface area contributed by atoms with E-state index in [1.807, 2.05) is 24.3 Å². The van der Waals surface area contributed by atoms with Gasteiger partial charge in [0.25, 0.3) is 0 Å². The molecule has 0 fully saturated rings. The number of rotatable bonds is 3. The minimum atomic E-state index is 0.281. The molecule has 3 nitrogen and oxygen atoms in total. The van der Waals surface area contributed by atoms with Gasteiger partial charge in [-0.2, -0.15) is 0 Å².